The van der Waals surface area contributed by atoms with Crippen molar-refractivity contribution < 1.29 is 4.74 Å². The van der Waals surface area contributed by atoms with E-state index in [0.29, 0.717) is 0 Å². The minimum atomic E-state index is 0.790. The molecular weight excluding hydrogens is 212 g/mol. The van der Waals surface area contributed by atoms with E-state index in [2.05, 4.69) is 34.2 Å². The molecule has 0 radical (unpaired) electrons. The second kappa shape index (κ2) is 3.94. The van der Waals surface area contributed by atoms with Gasteiger partial charge in [-0.3, -0.25) is 4.98 Å². The molecule has 0 bridgehead atoms. The lowest BCUT2D eigenvalue weighted by Crippen LogP contribution is -1.90. The minimum absolute atomic E-state index is 0.790. The topological polar surface area (TPSA) is 37.9 Å². The summed E-state index contributed by atoms with van der Waals surface area (Å²) >= 11 is 0. The average Bonchev–Trinajstić information content (AvgIpc) is 2.85. The highest BCUT2D eigenvalue weighted by molar-refractivity contribution is 5.85. The van der Waals surface area contributed by atoms with Crippen LogP contribution in [-0.4, -0.2) is 17.1 Å². The van der Waals surface area contributed by atoms with E-state index in [1.807, 2.05) is 18.3 Å². The Labute approximate surface area is 99.1 Å². The van der Waals surface area contributed by atoms with Crippen LogP contribution in [0.5, 0.6) is 5.75 Å². The highest BCUT2D eigenvalue weighted by Gasteiger charge is 2.07. The van der Waals surface area contributed by atoms with E-state index in [4.69, 9.17) is 4.74 Å². The largest absolute Gasteiger partial charge is 0.494 e. The molecule has 0 atom stereocenters. The Kier molecular flexibility index (Phi) is 2.29. The van der Waals surface area contributed by atoms with Gasteiger partial charge in [0.05, 0.1) is 7.11 Å². The van der Waals surface area contributed by atoms with E-state index in [1.54, 1.807) is 13.3 Å². The Morgan fingerprint density at radius 3 is 3.00 bits per heavy atom. The van der Waals surface area contributed by atoms with Crippen molar-refractivity contribution in [1.82, 2.24) is 9.97 Å². The van der Waals surface area contributed by atoms with E-state index in [1.165, 1.54) is 5.39 Å². The van der Waals surface area contributed by atoms with Crippen molar-refractivity contribution in [3.8, 4) is 17.0 Å². The van der Waals surface area contributed by atoms with E-state index < -0.39 is 0 Å². The summed E-state index contributed by atoms with van der Waals surface area (Å²) in [6.07, 6.45) is 3.71. The maximum Gasteiger partial charge on any atom is 0.145 e. The Morgan fingerprint density at radius 1 is 1.18 bits per heavy atom. The lowest BCUT2D eigenvalue weighted by Gasteiger charge is -2.06. The van der Waals surface area contributed by atoms with Gasteiger partial charge in [0.2, 0.25) is 0 Å². The number of aromatic nitrogens is 2. The molecule has 0 aliphatic carbocycles. The maximum absolute atomic E-state index is 5.32. The Balaban J connectivity index is 2.19. The first-order chi connectivity index (χ1) is 8.38. The number of benzene rings is 1. The molecule has 0 aliphatic rings. The molecule has 1 N–H and O–H groups in total. The molecule has 17 heavy (non-hydrogen) atoms. The van der Waals surface area contributed by atoms with Crippen molar-refractivity contribution in [2.45, 2.75) is 0 Å². The van der Waals surface area contributed by atoms with E-state index in [-0.39, 0.29) is 0 Å². The minimum Gasteiger partial charge on any atom is -0.494 e. The molecule has 0 aliphatic heterocycles. The normalized spacial score (nSPS) is 10.6. The molecule has 3 heteroatoms. The van der Waals surface area contributed by atoms with Gasteiger partial charge in [0.15, 0.2) is 0 Å². The number of nitrogens with one attached hydrogen (secondary N) is 1. The lowest BCUT2D eigenvalue weighted by atomic mass is 10.1. The Morgan fingerprint density at radius 2 is 2.12 bits per heavy atom. The predicted octanol–water partition coefficient (Wildman–Crippen LogP) is 3.24. The van der Waals surface area contributed by atoms with Gasteiger partial charge in [0.1, 0.15) is 11.4 Å². The number of fused-ring (bicyclic) bond motifs is 1. The van der Waals surface area contributed by atoms with Crippen LogP contribution in [0.1, 0.15) is 0 Å². The van der Waals surface area contributed by atoms with Crippen LogP contribution in [0.2, 0.25) is 0 Å². The van der Waals surface area contributed by atoms with Crippen LogP contribution in [0.25, 0.3) is 22.2 Å². The number of hydrogen-bond donors (Lipinski definition) is 1. The molecule has 0 fully saturated rings. The number of pyridine rings is 1. The van der Waals surface area contributed by atoms with Gasteiger partial charge in [-0.25, -0.2) is 0 Å². The molecule has 0 saturated heterocycles. The third-order valence-electron chi connectivity index (χ3n) is 2.82. The molecule has 1 aromatic carbocycles. The molecule has 2 heterocycles. The van der Waals surface area contributed by atoms with Crippen molar-refractivity contribution in [1.29, 1.82) is 0 Å². The fraction of sp³-hybridized carbons (Fsp3) is 0.0714. The molecule has 3 nitrogen and oxygen atoms in total. The summed E-state index contributed by atoms with van der Waals surface area (Å²) in [7, 11) is 1.66. The molecule has 3 rings (SSSR count). The van der Waals surface area contributed by atoms with Crippen LogP contribution in [0.3, 0.4) is 0 Å². The SMILES string of the molecule is COc1cccnc1-c1ccc2cc[nH]c2c1. The standard InChI is InChI=1S/C14H12N2O/c1-17-13-3-2-7-16-14(13)11-5-4-10-6-8-15-12(10)9-11/h2-9,15H,1H3. The Hall–Kier alpha value is -2.29. The number of methoxy groups -OCH3 is 1. The third-order valence-corrected chi connectivity index (χ3v) is 2.82. The number of nitrogens with zero attached hydrogens (tertiary/aromatic N) is 1. The molecule has 0 unspecified atom stereocenters. The Bertz CT molecular complexity index is 658. The second-order valence-electron chi connectivity index (χ2n) is 3.83. The molecule has 2 aromatic heterocycles. The van der Waals surface area contributed by atoms with Gasteiger partial charge in [0, 0.05) is 23.5 Å². The zero-order valence-corrected chi connectivity index (χ0v) is 9.47. The molecule has 84 valence electrons. The number of H-pyrrole nitrogens is 1. The quantitative estimate of drug-likeness (QED) is 0.725. The summed E-state index contributed by atoms with van der Waals surface area (Å²) in [5.74, 6) is 0.790. The number of aromatic amines is 1. The van der Waals surface area contributed by atoms with E-state index in [0.717, 1.165) is 22.5 Å². The van der Waals surface area contributed by atoms with Crippen molar-refractivity contribution in [2.24, 2.45) is 0 Å². The molecular formula is C14H12N2O. The summed E-state index contributed by atoms with van der Waals surface area (Å²) < 4.78 is 5.32. The molecule has 0 amide bonds. The van der Waals surface area contributed by atoms with Gasteiger partial charge in [-0.05, 0) is 29.7 Å². The van der Waals surface area contributed by atoms with Gasteiger partial charge >= 0.3 is 0 Å². The van der Waals surface area contributed by atoms with E-state index >= 15 is 0 Å². The summed E-state index contributed by atoms with van der Waals surface area (Å²) in [5.41, 5.74) is 3.03. The van der Waals surface area contributed by atoms with Crippen molar-refractivity contribution in [3.05, 3.63) is 48.8 Å². The van der Waals surface area contributed by atoms with Crippen LogP contribution in [0.15, 0.2) is 48.8 Å². The van der Waals surface area contributed by atoms with Gasteiger partial charge in [-0.1, -0.05) is 12.1 Å². The van der Waals surface area contributed by atoms with Gasteiger partial charge in [-0.15, -0.1) is 0 Å². The number of hydrogen-bond acceptors (Lipinski definition) is 2. The van der Waals surface area contributed by atoms with Crippen LogP contribution in [-0.2, 0) is 0 Å². The summed E-state index contributed by atoms with van der Waals surface area (Å²) in [5, 5.41) is 1.20. The highest BCUT2D eigenvalue weighted by Crippen LogP contribution is 2.29. The van der Waals surface area contributed by atoms with Crippen molar-refractivity contribution in [2.75, 3.05) is 7.11 Å². The predicted molar refractivity (Wildman–Crippen MR) is 68.1 cm³/mol. The van der Waals surface area contributed by atoms with Crippen LogP contribution < -0.4 is 4.74 Å². The van der Waals surface area contributed by atoms with Gasteiger partial charge < -0.3 is 9.72 Å². The first-order valence-corrected chi connectivity index (χ1v) is 5.45. The zero-order chi connectivity index (χ0) is 11.7. The fourth-order valence-electron chi connectivity index (χ4n) is 1.97. The van der Waals surface area contributed by atoms with Crippen molar-refractivity contribution >= 4 is 10.9 Å². The molecule has 3 aromatic rings. The second-order valence-corrected chi connectivity index (χ2v) is 3.83. The van der Waals surface area contributed by atoms with Crippen molar-refractivity contribution in [3.63, 3.8) is 0 Å². The van der Waals surface area contributed by atoms with Crippen LogP contribution in [0, 0.1) is 0 Å². The highest BCUT2D eigenvalue weighted by atomic mass is 16.5. The molecule has 0 saturated carbocycles. The third kappa shape index (κ3) is 1.65. The number of ether oxygens (including phenoxy) is 1. The number of rotatable bonds is 2. The zero-order valence-electron chi connectivity index (χ0n) is 9.47. The summed E-state index contributed by atoms with van der Waals surface area (Å²) in [4.78, 5) is 7.57. The smallest absolute Gasteiger partial charge is 0.145 e. The van der Waals surface area contributed by atoms with E-state index in [9.17, 15) is 0 Å². The monoisotopic (exact) mass is 224 g/mol. The fourth-order valence-corrected chi connectivity index (χ4v) is 1.97. The first kappa shape index (κ1) is 9.90. The first-order valence-electron chi connectivity index (χ1n) is 5.45. The van der Waals surface area contributed by atoms with Gasteiger partial charge in [-0.2, -0.15) is 0 Å². The summed E-state index contributed by atoms with van der Waals surface area (Å²) in [6, 6.07) is 12.1. The lowest BCUT2D eigenvalue weighted by molar-refractivity contribution is 0.415. The van der Waals surface area contributed by atoms with Gasteiger partial charge in [0.25, 0.3) is 0 Å². The maximum atomic E-state index is 5.32. The summed E-state index contributed by atoms with van der Waals surface area (Å²) in [6.45, 7) is 0. The molecule has 0 spiro atoms. The average molecular weight is 224 g/mol. The van der Waals surface area contributed by atoms with Crippen LogP contribution in [0.4, 0.5) is 0 Å². The van der Waals surface area contributed by atoms with Crippen LogP contribution >= 0.6 is 0 Å².